The quantitative estimate of drug-likeness (QED) is 0.601. The number of hydrazone groups is 1. The van der Waals surface area contributed by atoms with Gasteiger partial charge in [-0.05, 0) is 53.2 Å². The Balaban J connectivity index is 1.57. The summed E-state index contributed by atoms with van der Waals surface area (Å²) in [5, 5.41) is 13.4. The van der Waals surface area contributed by atoms with Crippen molar-refractivity contribution in [3.63, 3.8) is 0 Å². The molecule has 2 aromatic carbocycles. The van der Waals surface area contributed by atoms with Crippen molar-refractivity contribution in [1.82, 2.24) is 5.01 Å². The Morgan fingerprint density at radius 3 is 2.59 bits per heavy atom. The van der Waals surface area contributed by atoms with E-state index in [9.17, 15) is 17.6 Å². The van der Waals surface area contributed by atoms with Crippen LogP contribution in [0.3, 0.4) is 0 Å². The van der Waals surface area contributed by atoms with Gasteiger partial charge in [-0.3, -0.25) is 10.2 Å². The molecule has 2 aromatic rings. The van der Waals surface area contributed by atoms with E-state index in [0.29, 0.717) is 17.1 Å². The Hall–Kier alpha value is -3.51. The Kier molecular flexibility index (Phi) is 6.53. The highest BCUT2D eigenvalue weighted by atomic mass is 32.3. The van der Waals surface area contributed by atoms with Crippen molar-refractivity contribution in [3.05, 3.63) is 65.0 Å². The number of amidine groups is 2. The third-order valence-electron chi connectivity index (χ3n) is 4.89. The summed E-state index contributed by atoms with van der Waals surface area (Å²) in [4.78, 5) is 16.5. The first-order chi connectivity index (χ1) is 16.2. The fourth-order valence-corrected chi connectivity index (χ4v) is 5.19. The summed E-state index contributed by atoms with van der Waals surface area (Å²) in [6, 6.07) is 10.9. The van der Waals surface area contributed by atoms with Crippen molar-refractivity contribution >= 4 is 49.0 Å². The molecule has 176 valence electrons. The average Bonchev–Trinajstić information content (AvgIpc) is 3.27. The number of fused-ring (bicyclic) bond motifs is 1. The summed E-state index contributed by atoms with van der Waals surface area (Å²) in [6.45, 7) is 1.69. The van der Waals surface area contributed by atoms with Crippen LogP contribution in [0.1, 0.15) is 18.1 Å². The predicted octanol–water partition coefficient (Wildman–Crippen LogP) is 3.42. The molecule has 2 aliphatic heterocycles. The van der Waals surface area contributed by atoms with Gasteiger partial charge in [-0.25, -0.2) is 12.8 Å². The first-order valence-corrected chi connectivity index (χ1v) is 12.5. The van der Waals surface area contributed by atoms with Gasteiger partial charge >= 0.3 is 0 Å². The van der Waals surface area contributed by atoms with Gasteiger partial charge in [0.15, 0.2) is 17.3 Å². The van der Waals surface area contributed by atoms with Crippen LogP contribution in [0.4, 0.5) is 4.39 Å². The second-order valence-electron chi connectivity index (χ2n) is 7.11. The molecule has 2 aliphatic rings. The number of hydrogen-bond acceptors (Lipinski definition) is 8. The predicted molar refractivity (Wildman–Crippen MR) is 128 cm³/mol. The number of hydrogen-bond donors (Lipinski definition) is 1. The second kappa shape index (κ2) is 9.39. The topological polar surface area (TPSA) is 121 Å². The van der Waals surface area contributed by atoms with Gasteiger partial charge in [0.2, 0.25) is 19.4 Å². The summed E-state index contributed by atoms with van der Waals surface area (Å²) >= 11 is 0.746. The number of benzene rings is 2. The maximum absolute atomic E-state index is 13.1. The molecular weight excluding hydrogens is 483 g/mol. The first-order valence-electron chi connectivity index (χ1n) is 10.00. The summed E-state index contributed by atoms with van der Waals surface area (Å²) in [7, 11) is -2.14. The third-order valence-corrected chi connectivity index (χ3v) is 7.98. The van der Waals surface area contributed by atoms with Crippen LogP contribution in [-0.4, -0.2) is 47.6 Å². The molecule has 4 rings (SSSR count). The monoisotopic (exact) mass is 502 g/mol. The van der Waals surface area contributed by atoms with Crippen LogP contribution in [0.2, 0.25) is 0 Å². The fourth-order valence-electron chi connectivity index (χ4n) is 3.03. The summed E-state index contributed by atoms with van der Waals surface area (Å²) in [5.41, 5.74) is 1.26. The van der Waals surface area contributed by atoms with E-state index >= 15 is 0 Å². The zero-order chi connectivity index (χ0) is 24.5. The standard InChI is InChI=1S/C22H19FN4O5S2/c1-3-34(29,30)22-26-27-19(24)16(20(28)25-21(27)33-22)10-14-6-9-17(18(11-14)31-2)32-12-13-4-7-15(23)8-5-13/h4-11,24H,3,12H2,1-2H3/b16-10-,24-19?. The smallest absolute Gasteiger partial charge is 0.283 e. The van der Waals surface area contributed by atoms with Crippen molar-refractivity contribution in [2.75, 3.05) is 12.9 Å². The molecule has 0 aliphatic carbocycles. The van der Waals surface area contributed by atoms with E-state index in [4.69, 9.17) is 14.9 Å². The molecule has 0 saturated heterocycles. The lowest BCUT2D eigenvalue weighted by atomic mass is 10.1. The van der Waals surface area contributed by atoms with Gasteiger partial charge in [-0.2, -0.15) is 10.0 Å². The van der Waals surface area contributed by atoms with E-state index in [-0.39, 0.29) is 39.1 Å². The van der Waals surface area contributed by atoms with Crippen LogP contribution in [0.25, 0.3) is 6.08 Å². The minimum atomic E-state index is -3.60. The molecule has 12 heteroatoms. The van der Waals surface area contributed by atoms with E-state index in [0.717, 1.165) is 22.3 Å². The largest absolute Gasteiger partial charge is 0.493 e. The number of amides is 1. The number of ether oxygens (including phenoxy) is 2. The molecule has 34 heavy (non-hydrogen) atoms. The van der Waals surface area contributed by atoms with Gasteiger partial charge in [0.05, 0.1) is 18.4 Å². The lowest BCUT2D eigenvalue weighted by molar-refractivity contribution is -0.114. The SMILES string of the molecule is CCS(=O)(=O)C1=NN2C(=N)/C(=C/c3ccc(OCc4ccc(F)cc4)c(OC)c3)C(=O)N=C2S1. The molecular formula is C22H19FN4O5S2. The van der Waals surface area contributed by atoms with Crippen molar-refractivity contribution in [2.45, 2.75) is 13.5 Å². The second-order valence-corrected chi connectivity index (χ2v) is 10.5. The zero-order valence-electron chi connectivity index (χ0n) is 18.1. The van der Waals surface area contributed by atoms with Crippen LogP contribution in [-0.2, 0) is 21.2 Å². The molecule has 0 atom stereocenters. The average molecular weight is 503 g/mol. The molecule has 0 radical (unpaired) electrons. The Bertz CT molecular complexity index is 1370. The van der Waals surface area contributed by atoms with Crippen molar-refractivity contribution in [2.24, 2.45) is 10.1 Å². The number of carbonyl (C=O) groups is 1. The van der Waals surface area contributed by atoms with Gasteiger partial charge in [-0.15, -0.1) is 5.10 Å². The number of thioether (sulfide) groups is 1. The number of nitrogens with one attached hydrogen (secondary N) is 1. The van der Waals surface area contributed by atoms with E-state index < -0.39 is 15.7 Å². The molecule has 1 N–H and O–H groups in total. The molecule has 0 saturated carbocycles. The molecule has 0 bridgehead atoms. The van der Waals surface area contributed by atoms with Gasteiger partial charge in [-0.1, -0.05) is 25.1 Å². The number of halogens is 1. The highest BCUT2D eigenvalue weighted by Crippen LogP contribution is 2.33. The molecule has 0 fully saturated rings. The zero-order valence-corrected chi connectivity index (χ0v) is 19.7. The van der Waals surface area contributed by atoms with E-state index in [1.807, 2.05) is 0 Å². The number of carbonyl (C=O) groups excluding carboxylic acids is 1. The molecule has 1 amide bonds. The number of nitrogens with zero attached hydrogens (tertiary/aromatic N) is 3. The number of aliphatic imine (C=N–C) groups is 1. The minimum absolute atomic E-state index is 0.0290. The van der Waals surface area contributed by atoms with Gasteiger partial charge in [0, 0.05) is 0 Å². The van der Waals surface area contributed by atoms with Gasteiger partial charge < -0.3 is 9.47 Å². The first kappa shape index (κ1) is 23.6. The van der Waals surface area contributed by atoms with Crippen molar-refractivity contribution < 1.29 is 27.1 Å². The third kappa shape index (κ3) is 4.73. The molecule has 9 nitrogen and oxygen atoms in total. The maximum atomic E-state index is 13.1. The van der Waals surface area contributed by atoms with Gasteiger partial charge in [0.25, 0.3) is 5.91 Å². The minimum Gasteiger partial charge on any atom is -0.493 e. The summed E-state index contributed by atoms with van der Waals surface area (Å²) in [6.07, 6.45) is 1.45. The lowest BCUT2D eigenvalue weighted by Gasteiger charge is -2.20. The molecule has 2 heterocycles. The highest BCUT2D eigenvalue weighted by Gasteiger charge is 2.39. The molecule has 0 aromatic heterocycles. The van der Waals surface area contributed by atoms with E-state index in [1.54, 1.807) is 30.3 Å². The normalized spacial score (nSPS) is 16.9. The molecule has 0 unspecified atom stereocenters. The van der Waals surface area contributed by atoms with Crippen LogP contribution in [0.5, 0.6) is 11.5 Å². The van der Waals surface area contributed by atoms with Crippen LogP contribution in [0.15, 0.2) is 58.1 Å². The van der Waals surface area contributed by atoms with E-state index in [1.165, 1.54) is 32.2 Å². The van der Waals surface area contributed by atoms with Crippen molar-refractivity contribution in [3.8, 4) is 11.5 Å². The Labute approximate surface area is 199 Å². The fraction of sp³-hybridized carbons (Fsp3) is 0.182. The Morgan fingerprint density at radius 2 is 1.91 bits per heavy atom. The number of rotatable bonds is 6. The number of sulfone groups is 1. The van der Waals surface area contributed by atoms with Crippen molar-refractivity contribution in [1.29, 1.82) is 5.41 Å². The van der Waals surface area contributed by atoms with E-state index in [2.05, 4.69) is 10.1 Å². The Morgan fingerprint density at radius 1 is 1.18 bits per heavy atom. The maximum Gasteiger partial charge on any atom is 0.283 e. The van der Waals surface area contributed by atoms with Crippen LogP contribution in [0, 0.1) is 11.2 Å². The highest BCUT2D eigenvalue weighted by molar-refractivity contribution is 8.42. The number of methoxy groups -OCH3 is 1. The molecule has 0 spiro atoms. The lowest BCUT2D eigenvalue weighted by Crippen LogP contribution is -2.35. The summed E-state index contributed by atoms with van der Waals surface area (Å²) in [5.74, 6) is -0.612. The van der Waals surface area contributed by atoms with Crippen LogP contribution >= 0.6 is 11.8 Å². The van der Waals surface area contributed by atoms with Crippen LogP contribution < -0.4 is 9.47 Å². The van der Waals surface area contributed by atoms with Gasteiger partial charge in [0.1, 0.15) is 12.4 Å². The summed E-state index contributed by atoms with van der Waals surface area (Å²) < 4.78 is 48.3.